The molecule has 1 aromatic carbocycles. The fraction of sp³-hybridized carbons (Fsp3) is 0.167. The number of amides is 1. The van der Waals surface area contributed by atoms with E-state index in [0.29, 0.717) is 31.9 Å². The Morgan fingerprint density at radius 1 is 1.26 bits per heavy atom. The van der Waals surface area contributed by atoms with Crippen LogP contribution in [0.15, 0.2) is 34.7 Å². The molecule has 0 aliphatic carbocycles. The SMILES string of the molecule is CCOC(=O)c1sc(NC(=O)c2ccc(-c3ccc(Cl)cc3Cl)o2)nc1C. The van der Waals surface area contributed by atoms with Crippen molar-refractivity contribution in [1.29, 1.82) is 0 Å². The maximum Gasteiger partial charge on any atom is 0.350 e. The normalized spacial score (nSPS) is 10.7. The zero-order valence-corrected chi connectivity index (χ0v) is 16.7. The fourth-order valence-corrected chi connectivity index (χ4v) is 3.65. The number of aromatic nitrogens is 1. The number of anilines is 1. The number of ether oxygens (including phenoxy) is 1. The molecule has 2 aromatic heterocycles. The van der Waals surface area contributed by atoms with E-state index in [1.807, 2.05) is 0 Å². The van der Waals surface area contributed by atoms with E-state index in [1.165, 1.54) is 6.07 Å². The zero-order chi connectivity index (χ0) is 19.6. The average Bonchev–Trinajstić information content (AvgIpc) is 3.22. The Morgan fingerprint density at radius 2 is 2.04 bits per heavy atom. The number of furan rings is 1. The number of aryl methyl sites for hydroxylation is 1. The van der Waals surface area contributed by atoms with Crippen molar-refractivity contribution < 1.29 is 18.7 Å². The van der Waals surface area contributed by atoms with E-state index < -0.39 is 11.9 Å². The molecule has 9 heteroatoms. The monoisotopic (exact) mass is 424 g/mol. The number of carbonyl (C=O) groups is 2. The highest BCUT2D eigenvalue weighted by Gasteiger charge is 2.20. The number of carbonyl (C=O) groups excluding carboxylic acids is 2. The van der Waals surface area contributed by atoms with Crippen LogP contribution in [-0.4, -0.2) is 23.5 Å². The van der Waals surface area contributed by atoms with Crippen molar-refractivity contribution in [3.63, 3.8) is 0 Å². The smallest absolute Gasteiger partial charge is 0.350 e. The van der Waals surface area contributed by atoms with Gasteiger partial charge in [-0.2, -0.15) is 0 Å². The van der Waals surface area contributed by atoms with Gasteiger partial charge in [0.1, 0.15) is 10.6 Å². The Kier molecular flexibility index (Phi) is 5.84. The molecule has 0 fully saturated rings. The van der Waals surface area contributed by atoms with Gasteiger partial charge in [-0.1, -0.05) is 34.5 Å². The van der Waals surface area contributed by atoms with Crippen LogP contribution in [0.5, 0.6) is 0 Å². The summed E-state index contributed by atoms with van der Waals surface area (Å²) in [5.74, 6) is -0.438. The van der Waals surface area contributed by atoms with Gasteiger partial charge in [-0.05, 0) is 44.2 Å². The van der Waals surface area contributed by atoms with Gasteiger partial charge >= 0.3 is 5.97 Å². The van der Waals surface area contributed by atoms with E-state index in [4.69, 9.17) is 32.4 Å². The van der Waals surface area contributed by atoms with E-state index in [2.05, 4.69) is 10.3 Å². The van der Waals surface area contributed by atoms with Gasteiger partial charge < -0.3 is 9.15 Å². The van der Waals surface area contributed by atoms with Gasteiger partial charge in [-0.15, -0.1) is 0 Å². The molecule has 0 spiro atoms. The summed E-state index contributed by atoms with van der Waals surface area (Å²) in [5, 5.41) is 3.82. The Balaban J connectivity index is 1.77. The highest BCUT2D eigenvalue weighted by molar-refractivity contribution is 7.17. The Bertz CT molecular complexity index is 1010. The molecule has 6 nitrogen and oxygen atoms in total. The predicted octanol–water partition coefficient (Wildman–Crippen LogP) is 5.45. The van der Waals surface area contributed by atoms with Crippen molar-refractivity contribution in [1.82, 2.24) is 4.98 Å². The minimum absolute atomic E-state index is 0.0848. The lowest BCUT2D eigenvalue weighted by molar-refractivity contribution is 0.0531. The summed E-state index contributed by atoms with van der Waals surface area (Å²) >= 11 is 13.1. The number of halogens is 2. The van der Waals surface area contributed by atoms with Crippen molar-refractivity contribution in [2.45, 2.75) is 13.8 Å². The lowest BCUT2D eigenvalue weighted by Gasteiger charge is -2.01. The molecule has 3 rings (SSSR count). The first kappa shape index (κ1) is 19.4. The maximum atomic E-state index is 12.4. The van der Waals surface area contributed by atoms with Gasteiger partial charge in [-0.25, -0.2) is 9.78 Å². The summed E-state index contributed by atoms with van der Waals surface area (Å²) in [6.45, 7) is 3.66. The molecule has 3 aromatic rings. The molecule has 140 valence electrons. The molecule has 1 amide bonds. The van der Waals surface area contributed by atoms with E-state index in [0.717, 1.165) is 11.3 Å². The van der Waals surface area contributed by atoms with Gasteiger partial charge in [0.25, 0.3) is 5.91 Å². The number of benzene rings is 1. The van der Waals surface area contributed by atoms with Gasteiger partial charge in [0.05, 0.1) is 17.3 Å². The molecular formula is C18H14Cl2N2O4S. The third-order valence-electron chi connectivity index (χ3n) is 3.50. The molecule has 0 aliphatic heterocycles. The molecule has 0 aliphatic rings. The third kappa shape index (κ3) is 4.32. The van der Waals surface area contributed by atoms with Crippen molar-refractivity contribution >= 4 is 51.5 Å². The average molecular weight is 425 g/mol. The molecule has 0 saturated heterocycles. The molecule has 1 N–H and O–H groups in total. The largest absolute Gasteiger partial charge is 0.462 e. The number of hydrogen-bond acceptors (Lipinski definition) is 6. The lowest BCUT2D eigenvalue weighted by atomic mass is 10.2. The maximum absolute atomic E-state index is 12.4. The fourth-order valence-electron chi connectivity index (χ4n) is 2.29. The lowest BCUT2D eigenvalue weighted by Crippen LogP contribution is -2.10. The van der Waals surface area contributed by atoms with Crippen molar-refractivity contribution in [3.05, 3.63) is 56.7 Å². The van der Waals surface area contributed by atoms with Crippen molar-refractivity contribution in [2.24, 2.45) is 0 Å². The Hall–Kier alpha value is -2.35. The summed E-state index contributed by atoms with van der Waals surface area (Å²) in [6.07, 6.45) is 0. The second kappa shape index (κ2) is 8.12. The quantitative estimate of drug-likeness (QED) is 0.550. The summed E-state index contributed by atoms with van der Waals surface area (Å²) in [6, 6.07) is 8.15. The van der Waals surface area contributed by atoms with Gasteiger partial charge in [-0.3, -0.25) is 10.1 Å². The third-order valence-corrected chi connectivity index (χ3v) is 5.10. The Morgan fingerprint density at radius 3 is 2.74 bits per heavy atom. The highest BCUT2D eigenvalue weighted by Crippen LogP contribution is 2.32. The molecule has 0 saturated carbocycles. The Labute approximate surface area is 169 Å². The second-order valence-electron chi connectivity index (χ2n) is 5.40. The zero-order valence-electron chi connectivity index (χ0n) is 14.3. The summed E-state index contributed by atoms with van der Waals surface area (Å²) in [7, 11) is 0. The summed E-state index contributed by atoms with van der Waals surface area (Å²) < 4.78 is 10.6. The molecule has 0 radical (unpaired) electrons. The minimum Gasteiger partial charge on any atom is -0.462 e. The van der Waals surface area contributed by atoms with Crippen LogP contribution in [0.3, 0.4) is 0 Å². The molecule has 27 heavy (non-hydrogen) atoms. The number of esters is 1. The van der Waals surface area contributed by atoms with Crippen LogP contribution in [-0.2, 0) is 4.74 Å². The van der Waals surface area contributed by atoms with Crippen LogP contribution in [0, 0.1) is 6.92 Å². The van der Waals surface area contributed by atoms with Crippen LogP contribution in [0.2, 0.25) is 10.0 Å². The van der Waals surface area contributed by atoms with Crippen LogP contribution in [0.1, 0.15) is 32.8 Å². The minimum atomic E-state index is -0.490. The first-order valence-corrected chi connectivity index (χ1v) is 9.47. The van der Waals surface area contributed by atoms with Gasteiger partial charge in [0.15, 0.2) is 10.9 Å². The molecule has 2 heterocycles. The summed E-state index contributed by atoms with van der Waals surface area (Å²) in [4.78, 5) is 28.8. The van der Waals surface area contributed by atoms with E-state index in [9.17, 15) is 9.59 Å². The summed E-state index contributed by atoms with van der Waals surface area (Å²) in [5.41, 5.74) is 1.11. The van der Waals surface area contributed by atoms with E-state index in [-0.39, 0.29) is 17.5 Å². The van der Waals surface area contributed by atoms with Crippen LogP contribution < -0.4 is 5.32 Å². The number of nitrogens with one attached hydrogen (secondary N) is 1. The van der Waals surface area contributed by atoms with E-state index in [1.54, 1.807) is 38.1 Å². The van der Waals surface area contributed by atoms with E-state index >= 15 is 0 Å². The highest BCUT2D eigenvalue weighted by atomic mass is 35.5. The second-order valence-corrected chi connectivity index (χ2v) is 7.24. The molecule has 0 atom stereocenters. The van der Waals surface area contributed by atoms with Crippen LogP contribution in [0.4, 0.5) is 5.13 Å². The predicted molar refractivity (Wildman–Crippen MR) is 105 cm³/mol. The molecule has 0 unspecified atom stereocenters. The molecule has 0 bridgehead atoms. The van der Waals surface area contributed by atoms with Crippen molar-refractivity contribution in [3.8, 4) is 11.3 Å². The van der Waals surface area contributed by atoms with Gasteiger partial charge in [0, 0.05) is 10.6 Å². The van der Waals surface area contributed by atoms with Gasteiger partial charge in [0.2, 0.25) is 0 Å². The standard InChI is InChI=1S/C18H14Cl2N2O4S/c1-3-25-17(24)15-9(2)21-18(27-15)22-16(23)14-7-6-13(26-14)11-5-4-10(19)8-12(11)20/h4-8H,3H2,1-2H3,(H,21,22,23). The molecular weight excluding hydrogens is 411 g/mol. The first-order valence-electron chi connectivity index (χ1n) is 7.90. The first-order chi connectivity index (χ1) is 12.9. The topological polar surface area (TPSA) is 81.4 Å². The van der Waals surface area contributed by atoms with Crippen LogP contribution in [0.25, 0.3) is 11.3 Å². The number of thiazole rings is 1. The number of nitrogens with zero attached hydrogens (tertiary/aromatic N) is 1. The number of hydrogen-bond donors (Lipinski definition) is 1. The van der Waals surface area contributed by atoms with Crippen LogP contribution >= 0.6 is 34.5 Å². The number of rotatable bonds is 5. The van der Waals surface area contributed by atoms with Crippen molar-refractivity contribution in [2.75, 3.05) is 11.9 Å².